The van der Waals surface area contributed by atoms with Crippen molar-refractivity contribution in [1.82, 2.24) is 0 Å². The van der Waals surface area contributed by atoms with Crippen molar-refractivity contribution >= 4 is 27.4 Å². The van der Waals surface area contributed by atoms with Gasteiger partial charge < -0.3 is 18.8 Å². The van der Waals surface area contributed by atoms with E-state index in [1.54, 1.807) is 23.5 Å². The summed E-state index contributed by atoms with van der Waals surface area (Å²) in [6.07, 6.45) is 25.3. The molecule has 2 heterocycles. The first-order valence-corrected chi connectivity index (χ1v) is 20.0. The quantitative estimate of drug-likeness (QED) is 0.0473. The highest BCUT2D eigenvalue weighted by molar-refractivity contribution is 7.85. The second kappa shape index (κ2) is 25.2. The minimum atomic E-state index is -4.27. The van der Waals surface area contributed by atoms with Gasteiger partial charge in [-0.2, -0.15) is 4.57 Å². The molecule has 0 bridgehead atoms. The van der Waals surface area contributed by atoms with Crippen LogP contribution >= 0.6 is 11.3 Å². The highest BCUT2D eigenvalue weighted by atomic mass is 32.2. The van der Waals surface area contributed by atoms with E-state index in [0.717, 1.165) is 50.6 Å². The molecule has 8 nitrogen and oxygen atoms in total. The van der Waals surface area contributed by atoms with Gasteiger partial charge in [0.1, 0.15) is 29.4 Å². The van der Waals surface area contributed by atoms with Gasteiger partial charge in [0.2, 0.25) is 5.51 Å². The molecule has 0 aliphatic carbocycles. The van der Waals surface area contributed by atoms with E-state index in [4.69, 9.17) is 14.2 Å². The summed E-state index contributed by atoms with van der Waals surface area (Å²) < 4.78 is 50.5. The maximum atomic E-state index is 12.0. The van der Waals surface area contributed by atoms with Crippen molar-refractivity contribution in [2.24, 2.45) is 0 Å². The van der Waals surface area contributed by atoms with Crippen LogP contribution in [0, 0.1) is 6.92 Å². The van der Waals surface area contributed by atoms with E-state index in [0.29, 0.717) is 19.6 Å². The van der Waals surface area contributed by atoms with Crippen LogP contribution in [0.2, 0.25) is 0 Å². The van der Waals surface area contributed by atoms with Gasteiger partial charge in [-0.3, -0.25) is 4.79 Å². The van der Waals surface area contributed by atoms with Crippen molar-refractivity contribution in [1.29, 1.82) is 0 Å². The van der Waals surface area contributed by atoms with Gasteiger partial charge in [0, 0.05) is 12.8 Å². The lowest BCUT2D eigenvalue weighted by atomic mass is 10.0. The third-order valence-corrected chi connectivity index (χ3v) is 9.69. The monoisotopic (exact) mass is 681 g/mol. The zero-order chi connectivity index (χ0) is 33.3. The van der Waals surface area contributed by atoms with Crippen LogP contribution < -0.4 is 4.57 Å². The molecule has 10 heteroatoms. The van der Waals surface area contributed by atoms with Crippen LogP contribution in [0.3, 0.4) is 0 Å². The minimum absolute atomic E-state index is 0.103. The second-order valence-electron chi connectivity index (χ2n) is 12.4. The van der Waals surface area contributed by atoms with Crippen molar-refractivity contribution in [2.45, 2.75) is 160 Å². The van der Waals surface area contributed by atoms with Crippen molar-refractivity contribution in [2.75, 3.05) is 13.2 Å². The Balaban J connectivity index is 0.000000562. The Morgan fingerprint density at radius 1 is 0.891 bits per heavy atom. The van der Waals surface area contributed by atoms with E-state index < -0.39 is 10.1 Å². The molecule has 0 radical (unpaired) electrons. The Hall–Kier alpha value is -1.85. The van der Waals surface area contributed by atoms with Crippen LogP contribution in [-0.2, 0) is 35.7 Å². The third-order valence-electron chi connectivity index (χ3n) is 8.17. The highest BCUT2D eigenvalue weighted by Crippen LogP contribution is 2.19. The lowest BCUT2D eigenvalue weighted by Crippen LogP contribution is -2.29. The van der Waals surface area contributed by atoms with Crippen molar-refractivity contribution < 1.29 is 36.5 Å². The van der Waals surface area contributed by atoms with E-state index in [1.807, 2.05) is 6.92 Å². The van der Waals surface area contributed by atoms with Crippen LogP contribution in [0.25, 0.3) is 0 Å². The normalized spacial score (nSPS) is 16.2. The maximum Gasteiger partial charge on any atom is 0.305 e. The van der Waals surface area contributed by atoms with E-state index in [-0.39, 0.29) is 23.3 Å². The first-order chi connectivity index (χ1) is 22.3. The molecule has 1 aromatic carbocycles. The maximum absolute atomic E-state index is 12.0. The molecule has 1 aliphatic heterocycles. The standard InChI is InChI=1S/C29H52NO4S.C7H8O3S/c1-2-3-4-5-6-7-8-9-10-11-12-13-17-20-29-33-25-27(34-29)24-32-28(31)19-16-14-15-18-21-30-22-23-35-26-30;1-6-2-4-7(5-3-6)11(8,9)10/h22-23,26-27,29H,2-21,24-25H2,1H3;2-5H,1H3,(H,8,9,10)/q+1;/p-1. The number of hydrogen-bond donors (Lipinski definition) is 0. The molecule has 262 valence electrons. The van der Waals surface area contributed by atoms with Gasteiger partial charge in [0.25, 0.3) is 0 Å². The fourth-order valence-corrected chi connectivity index (χ4v) is 6.44. The van der Waals surface area contributed by atoms with Crippen LogP contribution in [0.4, 0.5) is 0 Å². The number of benzene rings is 1. The van der Waals surface area contributed by atoms with E-state index in [2.05, 4.69) is 28.6 Å². The van der Waals surface area contributed by atoms with Gasteiger partial charge in [-0.25, -0.2) is 8.42 Å². The molecule has 1 fully saturated rings. The van der Waals surface area contributed by atoms with Crippen LogP contribution in [0.15, 0.2) is 46.2 Å². The van der Waals surface area contributed by atoms with Gasteiger partial charge in [0.05, 0.1) is 16.9 Å². The largest absolute Gasteiger partial charge is 0.744 e. The van der Waals surface area contributed by atoms with Crippen LogP contribution in [-0.4, -0.2) is 44.5 Å². The molecule has 2 atom stereocenters. The molecule has 0 spiro atoms. The molecule has 46 heavy (non-hydrogen) atoms. The molecule has 0 saturated carbocycles. The summed E-state index contributed by atoms with van der Waals surface area (Å²) in [6.45, 7) is 6.02. The number of nitrogens with zero attached hydrogens (tertiary/aromatic N) is 1. The smallest absolute Gasteiger partial charge is 0.305 e. The van der Waals surface area contributed by atoms with E-state index in [9.17, 15) is 17.8 Å². The Morgan fingerprint density at radius 2 is 1.48 bits per heavy atom. The Morgan fingerprint density at radius 3 is 2.07 bits per heavy atom. The molecule has 0 N–H and O–H groups in total. The number of hydrogen-bond acceptors (Lipinski definition) is 8. The highest BCUT2D eigenvalue weighted by Gasteiger charge is 2.26. The first kappa shape index (κ1) is 40.3. The summed E-state index contributed by atoms with van der Waals surface area (Å²) in [7, 11) is -4.27. The Labute approximate surface area is 283 Å². The summed E-state index contributed by atoms with van der Waals surface area (Å²) in [4.78, 5) is 11.8. The SMILES string of the molecule is CCCCCCCCCCCCCCCC1OCC(COC(=O)CCCCCC[n+]2ccsc2)O1.Cc1ccc(S(=O)(=O)[O-])cc1. The molecule has 1 aromatic heterocycles. The lowest BCUT2D eigenvalue weighted by molar-refractivity contribution is -0.692. The van der Waals surface area contributed by atoms with Crippen molar-refractivity contribution in [3.05, 3.63) is 46.9 Å². The predicted octanol–water partition coefficient (Wildman–Crippen LogP) is 8.65. The van der Waals surface area contributed by atoms with Crippen LogP contribution in [0.1, 0.15) is 134 Å². The summed E-state index contributed by atoms with van der Waals surface area (Å²) in [5.41, 5.74) is 3.06. The van der Waals surface area contributed by atoms with E-state index in [1.165, 1.54) is 89.2 Å². The van der Waals surface area contributed by atoms with E-state index >= 15 is 0 Å². The number of ether oxygens (including phenoxy) is 3. The Bertz CT molecular complexity index is 1120. The number of aryl methyl sites for hydroxylation is 2. The minimum Gasteiger partial charge on any atom is -0.744 e. The predicted molar refractivity (Wildman–Crippen MR) is 183 cm³/mol. The first-order valence-electron chi connectivity index (χ1n) is 17.6. The summed E-state index contributed by atoms with van der Waals surface area (Å²) in [5.74, 6) is -0.110. The molecule has 3 rings (SSSR count). The number of aromatic nitrogens is 1. The molecule has 1 saturated heterocycles. The van der Waals surface area contributed by atoms with Gasteiger partial charge in [-0.05, 0) is 44.7 Å². The molecule has 2 aromatic rings. The number of carbonyl (C=O) groups excluding carboxylic acids is 1. The zero-order valence-corrected chi connectivity index (χ0v) is 30.0. The second-order valence-corrected chi connectivity index (χ2v) is 14.6. The topological polar surface area (TPSA) is 106 Å². The molecular weight excluding hydrogens is 623 g/mol. The Kier molecular flexibility index (Phi) is 22.1. The van der Waals surface area contributed by atoms with Gasteiger partial charge in [0.15, 0.2) is 12.5 Å². The average molecular weight is 682 g/mol. The fraction of sp³-hybridized carbons (Fsp3) is 0.722. The zero-order valence-electron chi connectivity index (χ0n) is 28.4. The average Bonchev–Trinajstić information content (AvgIpc) is 3.73. The summed E-state index contributed by atoms with van der Waals surface area (Å²) in [5, 5.41) is 2.09. The van der Waals surface area contributed by atoms with Gasteiger partial charge in [-0.1, -0.05) is 119 Å². The molecule has 1 aliphatic rings. The van der Waals surface area contributed by atoms with Crippen molar-refractivity contribution in [3.8, 4) is 0 Å². The lowest BCUT2D eigenvalue weighted by Gasteiger charge is -2.12. The molecule has 2 unspecified atom stereocenters. The fourth-order valence-electron chi connectivity index (χ4n) is 5.34. The van der Waals surface area contributed by atoms with Gasteiger partial charge >= 0.3 is 5.97 Å². The molecule has 0 amide bonds. The third kappa shape index (κ3) is 20.4. The summed E-state index contributed by atoms with van der Waals surface area (Å²) in [6, 6.07) is 5.78. The number of unbranched alkanes of at least 4 members (excludes halogenated alkanes) is 15. The van der Waals surface area contributed by atoms with Crippen molar-refractivity contribution in [3.63, 3.8) is 0 Å². The van der Waals surface area contributed by atoms with Crippen LogP contribution in [0.5, 0.6) is 0 Å². The number of carbonyl (C=O) groups is 1. The molecular formula is C36H59NO7S2. The number of thiazole rings is 1. The number of rotatable bonds is 24. The van der Waals surface area contributed by atoms with Gasteiger partial charge in [-0.15, -0.1) is 0 Å². The summed E-state index contributed by atoms with van der Waals surface area (Å²) >= 11 is 1.72. The number of esters is 1.